The van der Waals surface area contributed by atoms with Crippen molar-refractivity contribution in [2.45, 2.75) is 58.1 Å². The monoisotopic (exact) mass is 584 g/mol. The molecule has 0 aliphatic heterocycles. The lowest BCUT2D eigenvalue weighted by molar-refractivity contribution is -0.143. The maximum Gasteiger partial charge on any atom is 0.410 e. The number of fused-ring (bicyclic) bond motifs is 1. The maximum absolute atomic E-state index is 12.9. The number of ether oxygens (including phenoxy) is 2. The number of aryl methyl sites for hydroxylation is 2. The van der Waals surface area contributed by atoms with E-state index in [0.29, 0.717) is 47.3 Å². The summed E-state index contributed by atoms with van der Waals surface area (Å²) in [4.78, 5) is 47.0. The molecule has 1 aromatic heterocycles. The molecule has 12 heteroatoms. The summed E-state index contributed by atoms with van der Waals surface area (Å²) < 4.78 is 10.2. The Morgan fingerprint density at radius 1 is 1.05 bits per heavy atom. The molecule has 2 aromatic carbocycles. The van der Waals surface area contributed by atoms with Crippen molar-refractivity contribution in [2.75, 3.05) is 32.2 Å². The zero-order valence-corrected chi connectivity index (χ0v) is 24.7. The topological polar surface area (TPSA) is 163 Å². The third-order valence-electron chi connectivity index (χ3n) is 6.31. The SMILES string of the molecule is COC(=O)[C@H](CCCN(C)C(=O)OC(C)(C)C)NC(=O)c1ccc(CCc2ccc3nc(N)nc(N)c3c2Cl)cc1. The van der Waals surface area contributed by atoms with E-state index in [1.807, 2.05) is 24.3 Å². The highest BCUT2D eigenvalue weighted by Crippen LogP contribution is 2.31. The summed E-state index contributed by atoms with van der Waals surface area (Å²) in [5.41, 5.74) is 13.9. The standard InChI is InChI=1S/C29H37ClN6O5/c1-29(2,3)41-28(39)36(4)16-6-7-21(26(38)40-5)33-25(37)19-12-9-17(10-13-19)8-11-18-14-15-20-22(23(18)30)24(31)35-27(32)34-20/h9-10,12-15,21H,6-8,11,16H2,1-5H3,(H,33,37)(H4,31,32,34,35)/t21-/m0/s1. The first-order valence-corrected chi connectivity index (χ1v) is 13.6. The molecule has 3 rings (SSSR count). The van der Waals surface area contributed by atoms with Crippen LogP contribution in [0, 0.1) is 0 Å². The van der Waals surface area contributed by atoms with Crippen molar-refractivity contribution < 1.29 is 23.9 Å². The average molecular weight is 585 g/mol. The van der Waals surface area contributed by atoms with Crippen LogP contribution in [0.4, 0.5) is 16.6 Å². The van der Waals surface area contributed by atoms with Crippen LogP contribution in [0.2, 0.25) is 5.02 Å². The molecular weight excluding hydrogens is 548 g/mol. The number of nitrogens with two attached hydrogens (primary N) is 2. The summed E-state index contributed by atoms with van der Waals surface area (Å²) in [6, 6.07) is 9.94. The van der Waals surface area contributed by atoms with E-state index in [1.165, 1.54) is 12.0 Å². The molecule has 0 saturated carbocycles. The highest BCUT2D eigenvalue weighted by molar-refractivity contribution is 6.37. The third kappa shape index (κ3) is 8.68. The first-order valence-electron chi connectivity index (χ1n) is 13.2. The molecule has 0 fully saturated rings. The number of nitrogens with zero attached hydrogens (tertiary/aromatic N) is 3. The number of nitrogens with one attached hydrogen (secondary N) is 1. The van der Waals surface area contributed by atoms with Gasteiger partial charge in [-0.25, -0.2) is 14.6 Å². The van der Waals surface area contributed by atoms with Gasteiger partial charge in [-0.05, 0) is 75.8 Å². The number of methoxy groups -OCH3 is 1. The highest BCUT2D eigenvalue weighted by atomic mass is 35.5. The molecule has 1 heterocycles. The molecule has 0 spiro atoms. The first kappa shape index (κ1) is 31.4. The lowest BCUT2D eigenvalue weighted by atomic mass is 10.0. The molecule has 3 aromatic rings. The second-order valence-electron chi connectivity index (χ2n) is 10.7. The van der Waals surface area contributed by atoms with Crippen LogP contribution in [-0.2, 0) is 27.1 Å². The van der Waals surface area contributed by atoms with Gasteiger partial charge in [-0.15, -0.1) is 0 Å². The van der Waals surface area contributed by atoms with Gasteiger partial charge in [0.1, 0.15) is 17.5 Å². The van der Waals surface area contributed by atoms with Crippen LogP contribution in [0.3, 0.4) is 0 Å². The first-order chi connectivity index (χ1) is 19.3. The Hall–Kier alpha value is -4.12. The fraction of sp³-hybridized carbons (Fsp3) is 0.414. The quantitative estimate of drug-likeness (QED) is 0.297. The van der Waals surface area contributed by atoms with E-state index in [9.17, 15) is 14.4 Å². The minimum Gasteiger partial charge on any atom is -0.467 e. The number of anilines is 2. The van der Waals surface area contributed by atoms with E-state index in [0.717, 1.165) is 11.1 Å². The molecule has 0 radical (unpaired) electrons. The second-order valence-corrected chi connectivity index (χ2v) is 11.1. The zero-order valence-electron chi connectivity index (χ0n) is 24.0. The van der Waals surface area contributed by atoms with Crippen LogP contribution >= 0.6 is 11.6 Å². The Morgan fingerprint density at radius 3 is 2.37 bits per heavy atom. The number of hydrogen-bond donors (Lipinski definition) is 3. The number of aromatic nitrogens is 2. The molecule has 5 N–H and O–H groups in total. The molecule has 2 amide bonds. The smallest absolute Gasteiger partial charge is 0.410 e. The molecule has 0 aliphatic carbocycles. The number of esters is 1. The van der Waals surface area contributed by atoms with Gasteiger partial charge in [0.05, 0.1) is 23.0 Å². The number of benzene rings is 2. The minimum atomic E-state index is -0.860. The Labute approximate surface area is 244 Å². The molecule has 220 valence electrons. The number of amides is 2. The molecular formula is C29H37ClN6O5. The lowest BCUT2D eigenvalue weighted by Crippen LogP contribution is -2.42. The van der Waals surface area contributed by atoms with Gasteiger partial charge in [0.2, 0.25) is 5.95 Å². The molecule has 0 bridgehead atoms. The Bertz CT molecular complexity index is 1410. The maximum atomic E-state index is 12.9. The van der Waals surface area contributed by atoms with Crippen molar-refractivity contribution in [1.29, 1.82) is 0 Å². The van der Waals surface area contributed by atoms with Crippen LogP contribution in [0.25, 0.3) is 10.9 Å². The summed E-state index contributed by atoms with van der Waals surface area (Å²) in [6.45, 7) is 5.72. The predicted octanol–water partition coefficient (Wildman–Crippen LogP) is 4.15. The summed E-state index contributed by atoms with van der Waals surface area (Å²) >= 11 is 6.60. The van der Waals surface area contributed by atoms with Crippen molar-refractivity contribution in [1.82, 2.24) is 20.2 Å². The van der Waals surface area contributed by atoms with E-state index >= 15 is 0 Å². The second kappa shape index (κ2) is 13.5. The fourth-order valence-electron chi connectivity index (χ4n) is 4.16. The van der Waals surface area contributed by atoms with Crippen LogP contribution < -0.4 is 16.8 Å². The van der Waals surface area contributed by atoms with Crippen molar-refractivity contribution in [2.24, 2.45) is 0 Å². The van der Waals surface area contributed by atoms with E-state index < -0.39 is 29.6 Å². The Kier molecular flexibility index (Phi) is 10.3. The number of nitrogen functional groups attached to an aromatic ring is 2. The third-order valence-corrected chi connectivity index (χ3v) is 6.74. The number of hydrogen-bond acceptors (Lipinski definition) is 9. The number of halogens is 1. The van der Waals surface area contributed by atoms with Gasteiger partial charge < -0.3 is 31.2 Å². The highest BCUT2D eigenvalue weighted by Gasteiger charge is 2.24. The van der Waals surface area contributed by atoms with Gasteiger partial charge in [0.15, 0.2) is 0 Å². The fourth-order valence-corrected chi connectivity index (χ4v) is 4.52. The van der Waals surface area contributed by atoms with Gasteiger partial charge in [-0.1, -0.05) is 29.8 Å². The summed E-state index contributed by atoms with van der Waals surface area (Å²) in [5.74, 6) is -0.641. The average Bonchev–Trinajstić information content (AvgIpc) is 2.90. The Morgan fingerprint density at radius 2 is 1.73 bits per heavy atom. The van der Waals surface area contributed by atoms with Gasteiger partial charge >= 0.3 is 12.1 Å². The number of carbonyl (C=O) groups excluding carboxylic acids is 3. The molecule has 41 heavy (non-hydrogen) atoms. The largest absolute Gasteiger partial charge is 0.467 e. The van der Waals surface area contributed by atoms with E-state index in [2.05, 4.69) is 15.3 Å². The van der Waals surface area contributed by atoms with Gasteiger partial charge in [0, 0.05) is 19.2 Å². The molecule has 1 atom stereocenters. The summed E-state index contributed by atoms with van der Waals surface area (Å²) in [5, 5.41) is 3.80. The Balaban J connectivity index is 1.58. The minimum absolute atomic E-state index is 0.0895. The number of rotatable bonds is 10. The molecule has 0 unspecified atom stereocenters. The van der Waals surface area contributed by atoms with E-state index in [1.54, 1.807) is 40.0 Å². The van der Waals surface area contributed by atoms with Crippen LogP contribution in [-0.4, -0.2) is 65.2 Å². The van der Waals surface area contributed by atoms with Gasteiger partial charge in [-0.2, -0.15) is 4.98 Å². The molecule has 0 saturated heterocycles. The van der Waals surface area contributed by atoms with Crippen LogP contribution in [0.15, 0.2) is 36.4 Å². The van der Waals surface area contributed by atoms with E-state index in [-0.39, 0.29) is 18.2 Å². The summed E-state index contributed by atoms with van der Waals surface area (Å²) in [7, 11) is 2.89. The molecule has 0 aliphatic rings. The normalized spacial score (nSPS) is 12.0. The van der Waals surface area contributed by atoms with Crippen molar-refractivity contribution in [3.05, 3.63) is 58.1 Å². The predicted molar refractivity (Wildman–Crippen MR) is 159 cm³/mol. The van der Waals surface area contributed by atoms with Crippen LogP contribution in [0.1, 0.15) is 55.1 Å². The van der Waals surface area contributed by atoms with Crippen molar-refractivity contribution in [3.63, 3.8) is 0 Å². The van der Waals surface area contributed by atoms with Gasteiger partial charge in [-0.3, -0.25) is 4.79 Å². The van der Waals surface area contributed by atoms with Crippen LogP contribution in [0.5, 0.6) is 0 Å². The zero-order chi connectivity index (χ0) is 30.3. The van der Waals surface area contributed by atoms with Gasteiger partial charge in [0.25, 0.3) is 5.91 Å². The van der Waals surface area contributed by atoms with E-state index in [4.69, 9.17) is 32.5 Å². The van der Waals surface area contributed by atoms with Crippen molar-refractivity contribution >= 4 is 52.2 Å². The lowest BCUT2D eigenvalue weighted by Gasteiger charge is -2.25. The summed E-state index contributed by atoms with van der Waals surface area (Å²) in [6.07, 6.45) is 1.59. The van der Waals surface area contributed by atoms with Crippen molar-refractivity contribution in [3.8, 4) is 0 Å². The molecule has 11 nitrogen and oxygen atoms in total. The number of carbonyl (C=O) groups is 3.